The van der Waals surface area contributed by atoms with Gasteiger partial charge in [-0.2, -0.15) is 5.26 Å². The molecule has 22 heavy (non-hydrogen) atoms. The first-order chi connectivity index (χ1) is 10.6. The summed E-state index contributed by atoms with van der Waals surface area (Å²) in [4.78, 5) is 31.0. The SMILES string of the molecule is CC(=O)NCCC(=O)N1CCN(c2ccc(C#N)cn2)CC1. The Balaban J connectivity index is 1.80. The molecule has 1 aliphatic rings. The molecule has 116 valence electrons. The Labute approximate surface area is 129 Å². The van der Waals surface area contributed by atoms with Crippen molar-refractivity contribution in [2.24, 2.45) is 0 Å². The van der Waals surface area contributed by atoms with Gasteiger partial charge in [-0.3, -0.25) is 9.59 Å². The van der Waals surface area contributed by atoms with E-state index < -0.39 is 0 Å². The van der Waals surface area contributed by atoms with Crippen LogP contribution in [0.15, 0.2) is 18.3 Å². The highest BCUT2D eigenvalue weighted by atomic mass is 16.2. The van der Waals surface area contributed by atoms with E-state index >= 15 is 0 Å². The van der Waals surface area contributed by atoms with Crippen LogP contribution in [0.25, 0.3) is 0 Å². The third-order valence-corrected chi connectivity index (χ3v) is 3.55. The third kappa shape index (κ3) is 4.19. The van der Waals surface area contributed by atoms with E-state index in [4.69, 9.17) is 5.26 Å². The number of carbonyl (C=O) groups excluding carboxylic acids is 2. The molecule has 0 bridgehead atoms. The summed E-state index contributed by atoms with van der Waals surface area (Å²) in [6.45, 7) is 4.52. The van der Waals surface area contributed by atoms with Crippen LogP contribution >= 0.6 is 0 Å². The van der Waals surface area contributed by atoms with Gasteiger partial charge in [-0.05, 0) is 12.1 Å². The predicted molar refractivity (Wildman–Crippen MR) is 81.0 cm³/mol. The molecular formula is C15H19N5O2. The van der Waals surface area contributed by atoms with E-state index in [0.29, 0.717) is 44.7 Å². The molecule has 0 spiro atoms. The van der Waals surface area contributed by atoms with E-state index in [2.05, 4.69) is 15.2 Å². The average Bonchev–Trinajstić information content (AvgIpc) is 2.54. The highest BCUT2D eigenvalue weighted by Gasteiger charge is 2.21. The van der Waals surface area contributed by atoms with Gasteiger partial charge in [-0.15, -0.1) is 0 Å². The highest BCUT2D eigenvalue weighted by Crippen LogP contribution is 2.14. The number of carbonyl (C=O) groups is 2. The van der Waals surface area contributed by atoms with Crippen molar-refractivity contribution < 1.29 is 9.59 Å². The molecule has 1 saturated heterocycles. The van der Waals surface area contributed by atoms with Crippen molar-refractivity contribution in [3.05, 3.63) is 23.9 Å². The normalized spacial score (nSPS) is 14.4. The molecule has 0 aromatic carbocycles. The zero-order valence-electron chi connectivity index (χ0n) is 12.6. The molecule has 2 amide bonds. The number of hydrogen-bond donors (Lipinski definition) is 1. The molecule has 0 radical (unpaired) electrons. The van der Waals surface area contributed by atoms with Crippen LogP contribution in [-0.4, -0.2) is 54.4 Å². The summed E-state index contributed by atoms with van der Waals surface area (Å²) < 4.78 is 0. The van der Waals surface area contributed by atoms with Crippen LogP contribution in [0.5, 0.6) is 0 Å². The first-order valence-electron chi connectivity index (χ1n) is 7.23. The third-order valence-electron chi connectivity index (χ3n) is 3.55. The van der Waals surface area contributed by atoms with Gasteiger partial charge in [0, 0.05) is 52.3 Å². The van der Waals surface area contributed by atoms with Crippen molar-refractivity contribution in [2.45, 2.75) is 13.3 Å². The van der Waals surface area contributed by atoms with Gasteiger partial charge in [0.2, 0.25) is 11.8 Å². The van der Waals surface area contributed by atoms with E-state index in [0.717, 1.165) is 5.82 Å². The van der Waals surface area contributed by atoms with Gasteiger partial charge in [0.05, 0.1) is 5.56 Å². The molecule has 1 N–H and O–H groups in total. The molecular weight excluding hydrogens is 282 g/mol. The Hall–Kier alpha value is -2.62. The molecule has 2 rings (SSSR count). The second-order valence-corrected chi connectivity index (χ2v) is 5.12. The number of pyridine rings is 1. The fraction of sp³-hybridized carbons (Fsp3) is 0.467. The summed E-state index contributed by atoms with van der Waals surface area (Å²) in [7, 11) is 0. The van der Waals surface area contributed by atoms with E-state index in [9.17, 15) is 9.59 Å². The predicted octanol–water partition coefficient (Wildman–Crippen LogP) is 0.128. The smallest absolute Gasteiger partial charge is 0.224 e. The number of anilines is 1. The molecule has 1 fully saturated rings. The number of aromatic nitrogens is 1. The Kier molecular flexibility index (Phi) is 5.31. The number of rotatable bonds is 4. The maximum absolute atomic E-state index is 12.0. The summed E-state index contributed by atoms with van der Waals surface area (Å²) in [6.07, 6.45) is 1.88. The van der Waals surface area contributed by atoms with E-state index in [1.54, 1.807) is 12.3 Å². The quantitative estimate of drug-likeness (QED) is 0.853. The van der Waals surface area contributed by atoms with Crippen LogP contribution < -0.4 is 10.2 Å². The summed E-state index contributed by atoms with van der Waals surface area (Å²) in [5.41, 5.74) is 0.538. The van der Waals surface area contributed by atoms with Crippen LogP contribution in [-0.2, 0) is 9.59 Å². The van der Waals surface area contributed by atoms with Crippen LogP contribution in [0.1, 0.15) is 18.9 Å². The lowest BCUT2D eigenvalue weighted by atomic mass is 10.2. The van der Waals surface area contributed by atoms with E-state index in [-0.39, 0.29) is 11.8 Å². The van der Waals surface area contributed by atoms with Gasteiger partial charge >= 0.3 is 0 Å². The van der Waals surface area contributed by atoms with Crippen molar-refractivity contribution in [1.82, 2.24) is 15.2 Å². The van der Waals surface area contributed by atoms with Crippen molar-refractivity contribution in [2.75, 3.05) is 37.6 Å². The standard InChI is InChI=1S/C15H19N5O2/c1-12(21)17-5-4-15(22)20-8-6-19(7-9-20)14-3-2-13(10-16)11-18-14/h2-3,11H,4-9H2,1H3,(H,17,21). The van der Waals surface area contributed by atoms with Gasteiger partial charge in [0.1, 0.15) is 11.9 Å². The first-order valence-corrected chi connectivity index (χ1v) is 7.23. The van der Waals surface area contributed by atoms with E-state index in [1.807, 2.05) is 17.0 Å². The molecule has 1 aromatic heterocycles. The monoisotopic (exact) mass is 301 g/mol. The maximum Gasteiger partial charge on any atom is 0.224 e. The molecule has 0 aliphatic carbocycles. The van der Waals surface area contributed by atoms with Gasteiger partial charge in [0.15, 0.2) is 0 Å². The molecule has 2 heterocycles. The number of nitrogens with one attached hydrogen (secondary N) is 1. The molecule has 0 saturated carbocycles. The Bertz CT molecular complexity index is 571. The van der Waals surface area contributed by atoms with Crippen molar-refractivity contribution in [1.29, 1.82) is 5.26 Å². The topological polar surface area (TPSA) is 89.3 Å². The van der Waals surface area contributed by atoms with Crippen molar-refractivity contribution >= 4 is 17.6 Å². The largest absolute Gasteiger partial charge is 0.356 e. The zero-order valence-corrected chi connectivity index (χ0v) is 12.6. The fourth-order valence-electron chi connectivity index (χ4n) is 2.33. The fourth-order valence-corrected chi connectivity index (χ4v) is 2.33. The Morgan fingerprint density at radius 3 is 2.59 bits per heavy atom. The number of nitrogens with zero attached hydrogens (tertiary/aromatic N) is 4. The summed E-state index contributed by atoms with van der Waals surface area (Å²) in [6, 6.07) is 5.61. The molecule has 0 unspecified atom stereocenters. The average molecular weight is 301 g/mol. The molecule has 1 aliphatic heterocycles. The number of piperazine rings is 1. The van der Waals surface area contributed by atoms with Gasteiger partial charge in [-0.25, -0.2) is 4.98 Å². The summed E-state index contributed by atoms with van der Waals surface area (Å²) in [5.74, 6) is 0.759. The molecule has 7 heteroatoms. The lowest BCUT2D eigenvalue weighted by Crippen LogP contribution is -2.49. The second kappa shape index (κ2) is 7.41. The minimum Gasteiger partial charge on any atom is -0.356 e. The van der Waals surface area contributed by atoms with Crippen LogP contribution in [0.4, 0.5) is 5.82 Å². The van der Waals surface area contributed by atoms with Crippen LogP contribution in [0.2, 0.25) is 0 Å². The van der Waals surface area contributed by atoms with Crippen molar-refractivity contribution in [3.63, 3.8) is 0 Å². The second-order valence-electron chi connectivity index (χ2n) is 5.12. The van der Waals surface area contributed by atoms with Crippen molar-refractivity contribution in [3.8, 4) is 6.07 Å². The van der Waals surface area contributed by atoms with E-state index in [1.165, 1.54) is 6.92 Å². The Morgan fingerprint density at radius 1 is 1.32 bits per heavy atom. The van der Waals surface area contributed by atoms with Gasteiger partial charge < -0.3 is 15.1 Å². The number of hydrogen-bond acceptors (Lipinski definition) is 5. The minimum absolute atomic E-state index is 0.0567. The molecule has 7 nitrogen and oxygen atoms in total. The summed E-state index contributed by atoms with van der Waals surface area (Å²) >= 11 is 0. The molecule has 0 atom stereocenters. The summed E-state index contributed by atoms with van der Waals surface area (Å²) in [5, 5.41) is 11.4. The number of amides is 2. The van der Waals surface area contributed by atoms with Crippen LogP contribution in [0, 0.1) is 11.3 Å². The maximum atomic E-state index is 12.0. The molecule has 1 aromatic rings. The zero-order chi connectivity index (χ0) is 15.9. The minimum atomic E-state index is -0.121. The lowest BCUT2D eigenvalue weighted by Gasteiger charge is -2.35. The first kappa shape index (κ1) is 15.8. The van der Waals surface area contributed by atoms with Gasteiger partial charge in [0.25, 0.3) is 0 Å². The lowest BCUT2D eigenvalue weighted by molar-refractivity contribution is -0.131. The van der Waals surface area contributed by atoms with Crippen LogP contribution in [0.3, 0.4) is 0 Å². The Morgan fingerprint density at radius 2 is 2.05 bits per heavy atom. The highest BCUT2D eigenvalue weighted by molar-refractivity contribution is 5.78. The number of nitriles is 1. The van der Waals surface area contributed by atoms with Gasteiger partial charge in [-0.1, -0.05) is 0 Å².